The summed E-state index contributed by atoms with van der Waals surface area (Å²) >= 11 is 3.36. The van der Waals surface area contributed by atoms with E-state index in [2.05, 4.69) is 39.7 Å². The lowest BCUT2D eigenvalue weighted by atomic mass is 10.1. The first-order valence-electron chi connectivity index (χ1n) is 6.79. The van der Waals surface area contributed by atoms with Crippen molar-refractivity contribution in [3.8, 4) is 0 Å². The molecule has 1 aliphatic rings. The van der Waals surface area contributed by atoms with Crippen LogP contribution >= 0.6 is 15.9 Å². The molecule has 1 aromatic heterocycles. The zero-order valence-corrected chi connectivity index (χ0v) is 13.7. The van der Waals surface area contributed by atoms with Gasteiger partial charge in [-0.25, -0.2) is 4.98 Å². The van der Waals surface area contributed by atoms with E-state index in [-0.39, 0.29) is 0 Å². The van der Waals surface area contributed by atoms with Crippen LogP contribution in [-0.4, -0.2) is 62.6 Å². The predicted molar refractivity (Wildman–Crippen MR) is 79.6 cm³/mol. The molecule has 7 heteroatoms. The van der Waals surface area contributed by atoms with Crippen molar-refractivity contribution in [1.82, 2.24) is 19.4 Å². The zero-order valence-electron chi connectivity index (χ0n) is 12.1. The van der Waals surface area contributed by atoms with Crippen LogP contribution in [0.5, 0.6) is 0 Å². The predicted octanol–water partition coefficient (Wildman–Crippen LogP) is 1.33. The summed E-state index contributed by atoms with van der Waals surface area (Å²) in [5, 5.41) is 9.60. The molecule has 2 rings (SSSR count). The number of hydrogen-bond acceptors (Lipinski definition) is 4. The highest BCUT2D eigenvalue weighted by atomic mass is 79.9. The molecule has 112 valence electrons. The minimum atomic E-state index is -0.827. The third-order valence-corrected chi connectivity index (χ3v) is 4.48. The largest absolute Gasteiger partial charge is 0.480 e. The first-order chi connectivity index (χ1) is 9.41. The van der Waals surface area contributed by atoms with Crippen molar-refractivity contribution >= 4 is 21.9 Å². The van der Waals surface area contributed by atoms with Crippen LogP contribution in [0.2, 0.25) is 0 Å². The Hall–Kier alpha value is -0.920. The Morgan fingerprint density at radius 1 is 1.30 bits per heavy atom. The molecule has 20 heavy (non-hydrogen) atoms. The molecule has 1 aliphatic heterocycles. The summed E-state index contributed by atoms with van der Waals surface area (Å²) in [5.74, 6) is -0.827. The van der Waals surface area contributed by atoms with Crippen LogP contribution in [0.15, 0.2) is 10.9 Å². The molecule has 1 atom stereocenters. The second-order valence-corrected chi connectivity index (χ2v) is 6.19. The molecular weight excluding hydrogens is 324 g/mol. The third kappa shape index (κ3) is 3.05. The average molecular weight is 345 g/mol. The normalized spacial score (nSPS) is 19.4. The molecule has 6 nitrogen and oxygen atoms in total. The number of aryl methyl sites for hydroxylation is 1. The minimum Gasteiger partial charge on any atom is -0.480 e. The van der Waals surface area contributed by atoms with Gasteiger partial charge in [0.1, 0.15) is 4.60 Å². The van der Waals surface area contributed by atoms with E-state index in [1.54, 1.807) is 10.9 Å². The summed E-state index contributed by atoms with van der Waals surface area (Å²) in [6.45, 7) is 7.65. The third-order valence-electron chi connectivity index (χ3n) is 3.87. The van der Waals surface area contributed by atoms with Crippen LogP contribution in [-0.2, 0) is 11.8 Å². The van der Waals surface area contributed by atoms with Gasteiger partial charge in [-0.2, -0.15) is 0 Å². The number of halogens is 1. The van der Waals surface area contributed by atoms with Crippen molar-refractivity contribution < 1.29 is 9.90 Å². The van der Waals surface area contributed by atoms with E-state index in [4.69, 9.17) is 0 Å². The van der Waals surface area contributed by atoms with E-state index in [0.717, 1.165) is 26.2 Å². The maximum atomic E-state index is 11.7. The van der Waals surface area contributed by atoms with Crippen molar-refractivity contribution in [2.45, 2.75) is 25.9 Å². The Morgan fingerprint density at radius 2 is 1.85 bits per heavy atom. The number of carbonyl (C=O) groups is 1. The van der Waals surface area contributed by atoms with Crippen molar-refractivity contribution in [3.05, 3.63) is 16.6 Å². The smallest absolute Gasteiger partial charge is 0.327 e. The van der Waals surface area contributed by atoms with Gasteiger partial charge >= 0.3 is 5.97 Å². The fraction of sp³-hybridized carbons (Fsp3) is 0.692. The molecule has 1 unspecified atom stereocenters. The van der Waals surface area contributed by atoms with Gasteiger partial charge in [0.15, 0.2) is 6.04 Å². The van der Waals surface area contributed by atoms with E-state index in [1.807, 2.05) is 11.9 Å². The molecular formula is C13H21BrN4O2. The van der Waals surface area contributed by atoms with Crippen LogP contribution in [0, 0.1) is 0 Å². The Morgan fingerprint density at radius 3 is 2.25 bits per heavy atom. The summed E-state index contributed by atoms with van der Waals surface area (Å²) in [7, 11) is 1.83. The summed E-state index contributed by atoms with van der Waals surface area (Å²) in [6.07, 6.45) is 1.64. The number of aromatic nitrogens is 2. The number of rotatable bonds is 4. The van der Waals surface area contributed by atoms with Crippen molar-refractivity contribution in [2.75, 3.05) is 26.2 Å². The molecule has 0 aromatic carbocycles. The maximum Gasteiger partial charge on any atom is 0.327 e. The fourth-order valence-corrected chi connectivity index (χ4v) is 3.26. The number of carboxylic acid groups (broad SMARTS) is 1. The molecule has 0 bridgehead atoms. The first kappa shape index (κ1) is 15.5. The Labute approximate surface area is 127 Å². The lowest BCUT2D eigenvalue weighted by Gasteiger charge is -2.39. The van der Waals surface area contributed by atoms with Gasteiger partial charge in [-0.3, -0.25) is 14.6 Å². The Kier molecular flexibility index (Phi) is 4.82. The summed E-state index contributed by atoms with van der Waals surface area (Å²) in [6, 6.07) is -0.143. The van der Waals surface area contributed by atoms with E-state index in [0.29, 0.717) is 16.3 Å². The molecule has 0 saturated carbocycles. The van der Waals surface area contributed by atoms with Gasteiger partial charge in [0, 0.05) is 39.3 Å². The van der Waals surface area contributed by atoms with Gasteiger partial charge in [0.2, 0.25) is 0 Å². The molecule has 1 aromatic rings. The van der Waals surface area contributed by atoms with Crippen molar-refractivity contribution in [3.63, 3.8) is 0 Å². The number of aliphatic carboxylic acids is 1. The van der Waals surface area contributed by atoms with Gasteiger partial charge < -0.3 is 9.67 Å². The number of hydrogen-bond donors (Lipinski definition) is 1. The molecule has 1 fully saturated rings. The number of imidazole rings is 1. The average Bonchev–Trinajstić information content (AvgIpc) is 2.71. The second-order valence-electron chi connectivity index (χ2n) is 5.44. The van der Waals surface area contributed by atoms with E-state index in [9.17, 15) is 9.90 Å². The van der Waals surface area contributed by atoms with Crippen LogP contribution in [0.25, 0.3) is 0 Å². The van der Waals surface area contributed by atoms with Crippen molar-refractivity contribution in [2.24, 2.45) is 7.05 Å². The van der Waals surface area contributed by atoms with Gasteiger partial charge in [-0.05, 0) is 29.8 Å². The van der Waals surface area contributed by atoms with Gasteiger partial charge in [0.25, 0.3) is 0 Å². The van der Waals surface area contributed by atoms with Crippen LogP contribution in [0.1, 0.15) is 25.6 Å². The highest BCUT2D eigenvalue weighted by molar-refractivity contribution is 9.10. The number of nitrogens with zero attached hydrogens (tertiary/aromatic N) is 4. The maximum absolute atomic E-state index is 11.7. The molecule has 1 saturated heterocycles. The summed E-state index contributed by atoms with van der Waals surface area (Å²) < 4.78 is 2.39. The second kappa shape index (κ2) is 6.24. The van der Waals surface area contributed by atoms with Gasteiger partial charge in [-0.15, -0.1) is 0 Å². The van der Waals surface area contributed by atoms with Crippen molar-refractivity contribution in [1.29, 1.82) is 0 Å². The summed E-state index contributed by atoms with van der Waals surface area (Å²) in [5.41, 5.74) is 0.704. The monoisotopic (exact) mass is 344 g/mol. The van der Waals surface area contributed by atoms with E-state index < -0.39 is 12.0 Å². The van der Waals surface area contributed by atoms with Crippen LogP contribution in [0.4, 0.5) is 0 Å². The molecule has 1 N–H and O–H groups in total. The Balaban J connectivity index is 2.18. The Bertz CT molecular complexity index is 461. The first-order valence-corrected chi connectivity index (χ1v) is 7.58. The molecule has 0 spiro atoms. The lowest BCUT2D eigenvalue weighted by molar-refractivity contribution is -0.144. The number of piperazine rings is 1. The van der Waals surface area contributed by atoms with E-state index >= 15 is 0 Å². The zero-order chi connectivity index (χ0) is 14.9. The SMILES string of the molecule is CC(C)N1CCN(C(C(=O)O)c2c(Br)ncn2C)CC1. The minimum absolute atomic E-state index is 0.504. The van der Waals surface area contributed by atoms with Crippen LogP contribution in [0.3, 0.4) is 0 Å². The van der Waals surface area contributed by atoms with E-state index in [1.165, 1.54) is 0 Å². The molecule has 0 aliphatic carbocycles. The lowest BCUT2D eigenvalue weighted by Crippen LogP contribution is -2.51. The van der Waals surface area contributed by atoms with Crippen LogP contribution < -0.4 is 0 Å². The standard InChI is InChI=1S/C13H21BrN4O2/c1-9(2)17-4-6-18(7-5-17)11(13(19)20)10-12(14)15-8-16(10)3/h8-9,11H,4-7H2,1-3H3,(H,19,20). The molecule has 0 amide bonds. The number of carboxylic acids is 1. The fourth-order valence-electron chi connectivity index (χ4n) is 2.67. The van der Waals surface area contributed by atoms with Gasteiger partial charge in [-0.1, -0.05) is 0 Å². The van der Waals surface area contributed by atoms with Gasteiger partial charge in [0.05, 0.1) is 12.0 Å². The molecule has 0 radical (unpaired) electrons. The highest BCUT2D eigenvalue weighted by Crippen LogP contribution is 2.28. The topological polar surface area (TPSA) is 61.6 Å². The molecule has 2 heterocycles. The summed E-state index contributed by atoms with van der Waals surface area (Å²) in [4.78, 5) is 20.2. The highest BCUT2D eigenvalue weighted by Gasteiger charge is 2.34. The quantitative estimate of drug-likeness (QED) is 0.892.